The molecular formula is C13H16BNS. The second kappa shape index (κ2) is 4.42. The Morgan fingerprint density at radius 3 is 2.75 bits per heavy atom. The van der Waals surface area contributed by atoms with Crippen LogP contribution in [0.1, 0.15) is 28.7 Å². The van der Waals surface area contributed by atoms with Crippen LogP contribution >= 0.6 is 11.3 Å². The van der Waals surface area contributed by atoms with Gasteiger partial charge in [0.1, 0.15) is 7.85 Å². The molecule has 0 saturated heterocycles. The summed E-state index contributed by atoms with van der Waals surface area (Å²) < 4.78 is 0. The fourth-order valence-corrected chi connectivity index (χ4v) is 2.88. The van der Waals surface area contributed by atoms with Gasteiger partial charge in [0.2, 0.25) is 0 Å². The molecule has 1 atom stereocenters. The molecule has 0 fully saturated rings. The number of pyridine rings is 1. The summed E-state index contributed by atoms with van der Waals surface area (Å²) in [6.07, 6.45) is 1.95. The van der Waals surface area contributed by atoms with Crippen molar-refractivity contribution in [1.29, 1.82) is 0 Å². The molecule has 0 bridgehead atoms. The summed E-state index contributed by atoms with van der Waals surface area (Å²) in [5.74, 6) is 0.567. The lowest BCUT2D eigenvalue weighted by atomic mass is 9.85. The van der Waals surface area contributed by atoms with Crippen molar-refractivity contribution in [3.63, 3.8) is 0 Å². The largest absolute Gasteiger partial charge is 0.256 e. The van der Waals surface area contributed by atoms with E-state index in [1.54, 1.807) is 0 Å². The first-order valence-electron chi connectivity index (χ1n) is 5.60. The molecule has 2 aromatic rings. The molecule has 3 heteroatoms. The highest BCUT2D eigenvalue weighted by Gasteiger charge is 2.12. The number of rotatable bonds is 2. The van der Waals surface area contributed by atoms with Crippen LogP contribution in [0.4, 0.5) is 0 Å². The zero-order valence-corrected chi connectivity index (χ0v) is 11.1. The number of aryl methyl sites for hydroxylation is 2. The van der Waals surface area contributed by atoms with Crippen molar-refractivity contribution >= 4 is 19.2 Å². The molecule has 0 radical (unpaired) electrons. The Kier molecular flexibility index (Phi) is 3.15. The SMILES string of the molecule is BC(C)c1sccc1-c1ncc(C)cc1C. The first-order chi connectivity index (χ1) is 7.59. The van der Waals surface area contributed by atoms with Gasteiger partial charge in [-0.3, -0.25) is 4.98 Å². The lowest BCUT2D eigenvalue weighted by molar-refractivity contribution is 1.11. The molecule has 0 aliphatic rings. The molecule has 1 unspecified atom stereocenters. The van der Waals surface area contributed by atoms with Crippen molar-refractivity contribution in [3.05, 3.63) is 39.7 Å². The predicted molar refractivity (Wildman–Crippen MR) is 74.0 cm³/mol. The smallest absolute Gasteiger partial charge is 0.111 e. The molecule has 0 spiro atoms. The van der Waals surface area contributed by atoms with E-state index in [1.807, 2.05) is 17.5 Å². The van der Waals surface area contributed by atoms with Gasteiger partial charge in [-0.15, -0.1) is 11.3 Å². The summed E-state index contributed by atoms with van der Waals surface area (Å²) in [6.45, 7) is 6.46. The molecule has 0 amide bonds. The van der Waals surface area contributed by atoms with Crippen LogP contribution in [0.25, 0.3) is 11.3 Å². The number of hydrogen-bond donors (Lipinski definition) is 0. The van der Waals surface area contributed by atoms with Crippen molar-refractivity contribution in [2.45, 2.75) is 26.6 Å². The Bertz CT molecular complexity index is 502. The maximum absolute atomic E-state index is 4.57. The van der Waals surface area contributed by atoms with E-state index in [9.17, 15) is 0 Å². The second-order valence-electron chi connectivity index (χ2n) is 4.53. The van der Waals surface area contributed by atoms with Gasteiger partial charge in [0.05, 0.1) is 5.69 Å². The fraction of sp³-hybridized carbons (Fsp3) is 0.308. The number of thiophene rings is 1. The Balaban J connectivity index is 2.54. The normalized spacial score (nSPS) is 12.7. The summed E-state index contributed by atoms with van der Waals surface area (Å²) in [5, 5.41) is 2.16. The van der Waals surface area contributed by atoms with Crippen molar-refractivity contribution in [2.75, 3.05) is 0 Å². The van der Waals surface area contributed by atoms with Crippen LogP contribution in [-0.4, -0.2) is 12.8 Å². The molecule has 0 aliphatic heterocycles. The van der Waals surface area contributed by atoms with Crippen molar-refractivity contribution < 1.29 is 0 Å². The van der Waals surface area contributed by atoms with Crippen LogP contribution < -0.4 is 0 Å². The minimum absolute atomic E-state index is 0.567. The van der Waals surface area contributed by atoms with Gasteiger partial charge in [-0.2, -0.15) is 0 Å². The van der Waals surface area contributed by atoms with Crippen LogP contribution in [0.3, 0.4) is 0 Å². The van der Waals surface area contributed by atoms with Crippen molar-refractivity contribution in [2.24, 2.45) is 0 Å². The molecule has 2 heterocycles. The molecule has 2 aromatic heterocycles. The molecule has 0 N–H and O–H groups in total. The highest BCUT2D eigenvalue weighted by atomic mass is 32.1. The monoisotopic (exact) mass is 229 g/mol. The Hall–Kier alpha value is -1.09. The number of aromatic nitrogens is 1. The third-order valence-electron chi connectivity index (χ3n) is 2.69. The number of hydrogen-bond acceptors (Lipinski definition) is 2. The molecule has 0 aromatic carbocycles. The summed E-state index contributed by atoms with van der Waals surface area (Å²) in [6, 6.07) is 4.38. The number of nitrogens with zero attached hydrogens (tertiary/aromatic N) is 1. The van der Waals surface area contributed by atoms with Crippen LogP contribution in [0.15, 0.2) is 23.7 Å². The van der Waals surface area contributed by atoms with Crippen molar-refractivity contribution in [1.82, 2.24) is 4.98 Å². The minimum Gasteiger partial charge on any atom is -0.256 e. The van der Waals surface area contributed by atoms with Gasteiger partial charge >= 0.3 is 0 Å². The minimum atomic E-state index is 0.567. The van der Waals surface area contributed by atoms with Gasteiger partial charge in [-0.05, 0) is 42.2 Å². The highest BCUT2D eigenvalue weighted by Crippen LogP contribution is 2.33. The third kappa shape index (κ3) is 2.05. The van der Waals surface area contributed by atoms with Gasteiger partial charge in [0, 0.05) is 16.6 Å². The molecular weight excluding hydrogens is 213 g/mol. The Labute approximate surface area is 102 Å². The van der Waals surface area contributed by atoms with E-state index in [0.717, 1.165) is 5.69 Å². The summed E-state index contributed by atoms with van der Waals surface area (Å²) in [5.41, 5.74) is 4.93. The van der Waals surface area contributed by atoms with Crippen LogP contribution in [0.5, 0.6) is 0 Å². The van der Waals surface area contributed by atoms with E-state index in [4.69, 9.17) is 0 Å². The average molecular weight is 229 g/mol. The van der Waals surface area contributed by atoms with Gasteiger partial charge < -0.3 is 0 Å². The quantitative estimate of drug-likeness (QED) is 0.721. The molecule has 82 valence electrons. The van der Waals surface area contributed by atoms with Crippen molar-refractivity contribution in [3.8, 4) is 11.3 Å². The van der Waals surface area contributed by atoms with E-state index in [-0.39, 0.29) is 0 Å². The zero-order chi connectivity index (χ0) is 11.7. The summed E-state index contributed by atoms with van der Waals surface area (Å²) >= 11 is 1.83. The molecule has 0 aliphatic carbocycles. The van der Waals surface area contributed by atoms with Crippen LogP contribution in [0.2, 0.25) is 0 Å². The molecule has 0 saturated carbocycles. The van der Waals surface area contributed by atoms with Gasteiger partial charge in [-0.25, -0.2) is 0 Å². The van der Waals surface area contributed by atoms with E-state index >= 15 is 0 Å². The van der Waals surface area contributed by atoms with E-state index in [1.165, 1.54) is 21.6 Å². The zero-order valence-electron chi connectivity index (χ0n) is 10.2. The lowest BCUT2D eigenvalue weighted by Crippen LogP contribution is -1.94. The molecule has 2 rings (SSSR count). The summed E-state index contributed by atoms with van der Waals surface area (Å²) in [7, 11) is 2.23. The third-order valence-corrected chi connectivity index (χ3v) is 3.91. The molecule has 1 nitrogen and oxygen atoms in total. The van der Waals surface area contributed by atoms with Crippen LogP contribution in [-0.2, 0) is 0 Å². The average Bonchev–Trinajstić information content (AvgIpc) is 2.66. The van der Waals surface area contributed by atoms with Crippen LogP contribution in [0, 0.1) is 13.8 Å². The maximum atomic E-state index is 4.57. The fourth-order valence-electron chi connectivity index (χ4n) is 1.96. The highest BCUT2D eigenvalue weighted by molar-refractivity contribution is 7.10. The Morgan fingerprint density at radius 2 is 2.12 bits per heavy atom. The van der Waals surface area contributed by atoms with Gasteiger partial charge in [0.25, 0.3) is 0 Å². The van der Waals surface area contributed by atoms with Gasteiger partial charge in [-0.1, -0.05) is 13.0 Å². The topological polar surface area (TPSA) is 12.9 Å². The summed E-state index contributed by atoms with van der Waals surface area (Å²) in [4.78, 5) is 6.00. The van der Waals surface area contributed by atoms with E-state index < -0.39 is 0 Å². The standard InChI is InChI=1S/C13H16BNS/c1-8-6-9(2)12(15-7-8)11-4-5-16-13(11)10(3)14/h4-7,10H,14H2,1-3H3. The Morgan fingerprint density at radius 1 is 1.38 bits per heavy atom. The lowest BCUT2D eigenvalue weighted by Gasteiger charge is -2.09. The van der Waals surface area contributed by atoms with E-state index in [0.29, 0.717) is 5.82 Å². The second-order valence-corrected chi connectivity index (χ2v) is 5.48. The molecule has 16 heavy (non-hydrogen) atoms. The maximum Gasteiger partial charge on any atom is 0.111 e. The predicted octanol–water partition coefficient (Wildman–Crippen LogP) is 3.12. The van der Waals surface area contributed by atoms with E-state index in [2.05, 4.69) is 51.1 Å². The van der Waals surface area contributed by atoms with Gasteiger partial charge in [0.15, 0.2) is 0 Å². The first-order valence-corrected chi connectivity index (χ1v) is 6.48. The first kappa shape index (κ1) is 11.4.